The molecule has 0 unspecified atom stereocenters. The summed E-state index contributed by atoms with van der Waals surface area (Å²) in [5.74, 6) is 0.838. The molecule has 1 N–H and O–H groups in total. The average Bonchev–Trinajstić information content (AvgIpc) is 2.81. The smallest absolute Gasteiger partial charge is 0.259 e. The number of pyridine rings is 1. The molecule has 6 heteroatoms. The molecule has 0 radical (unpaired) electrons. The molecule has 1 aromatic heterocycles. The molecule has 1 aliphatic heterocycles. The number of rotatable bonds is 5. The molecule has 122 valence electrons. The van der Waals surface area contributed by atoms with Crippen molar-refractivity contribution in [1.29, 1.82) is 0 Å². The molecule has 5 nitrogen and oxygen atoms in total. The van der Waals surface area contributed by atoms with E-state index in [0.29, 0.717) is 17.1 Å². The summed E-state index contributed by atoms with van der Waals surface area (Å²) in [6.07, 6.45) is 3.68. The van der Waals surface area contributed by atoms with Gasteiger partial charge in [0.05, 0.1) is 0 Å². The number of amides is 2. The van der Waals surface area contributed by atoms with Crippen molar-refractivity contribution < 1.29 is 9.59 Å². The van der Waals surface area contributed by atoms with Crippen molar-refractivity contribution in [3.05, 3.63) is 65.9 Å². The van der Waals surface area contributed by atoms with E-state index in [2.05, 4.69) is 16.9 Å². The number of benzene rings is 1. The molecule has 24 heavy (non-hydrogen) atoms. The van der Waals surface area contributed by atoms with Crippen LogP contribution in [0.1, 0.15) is 21.5 Å². The Labute approximate surface area is 144 Å². The first-order chi connectivity index (χ1) is 11.6. The molecular formula is C18H17N3O2S. The van der Waals surface area contributed by atoms with Gasteiger partial charge in [-0.1, -0.05) is 24.8 Å². The largest absolute Gasteiger partial charge is 0.309 e. The van der Waals surface area contributed by atoms with Gasteiger partial charge >= 0.3 is 0 Å². The molecule has 1 aliphatic rings. The standard InChI is InChI=1S/C18H17N3O2S/c1-12-14-5-3-4-6-15(14)18(23)21(12)10-17(22)20-16-9-13(11-24-2)7-8-19-16/h3-9H,1,10-11H2,2H3,(H,19,20,22). The van der Waals surface area contributed by atoms with Gasteiger partial charge in [0.1, 0.15) is 12.4 Å². The summed E-state index contributed by atoms with van der Waals surface area (Å²) in [5, 5.41) is 2.74. The SMILES string of the molecule is C=C1c2ccccc2C(=O)N1CC(=O)Nc1cc(CSC)ccn1. The van der Waals surface area contributed by atoms with Crippen molar-refractivity contribution in [1.82, 2.24) is 9.88 Å². The Morgan fingerprint density at radius 3 is 2.75 bits per heavy atom. The van der Waals surface area contributed by atoms with Crippen LogP contribution >= 0.6 is 11.8 Å². The van der Waals surface area contributed by atoms with E-state index in [4.69, 9.17) is 0 Å². The molecule has 0 bridgehead atoms. The van der Waals surface area contributed by atoms with Crippen molar-refractivity contribution >= 4 is 35.1 Å². The zero-order chi connectivity index (χ0) is 17.1. The lowest BCUT2D eigenvalue weighted by atomic mass is 10.1. The number of hydrogen-bond acceptors (Lipinski definition) is 4. The Kier molecular flexibility index (Phi) is 4.66. The molecule has 1 aromatic carbocycles. The molecule has 0 fully saturated rings. The van der Waals surface area contributed by atoms with Crippen molar-refractivity contribution in [3.8, 4) is 0 Å². The number of nitrogens with zero attached hydrogens (tertiary/aromatic N) is 2. The summed E-state index contributed by atoms with van der Waals surface area (Å²) < 4.78 is 0. The molecule has 2 heterocycles. The first-order valence-electron chi connectivity index (χ1n) is 7.44. The van der Waals surface area contributed by atoms with E-state index in [9.17, 15) is 9.59 Å². The van der Waals surface area contributed by atoms with Crippen molar-refractivity contribution in [2.24, 2.45) is 0 Å². The van der Waals surface area contributed by atoms with Gasteiger partial charge < -0.3 is 5.32 Å². The van der Waals surface area contributed by atoms with Gasteiger partial charge in [0, 0.05) is 28.8 Å². The van der Waals surface area contributed by atoms with Crippen molar-refractivity contribution in [2.45, 2.75) is 5.75 Å². The van der Waals surface area contributed by atoms with E-state index in [0.717, 1.165) is 16.9 Å². The Morgan fingerprint density at radius 1 is 1.29 bits per heavy atom. The zero-order valence-corrected chi connectivity index (χ0v) is 14.1. The van der Waals surface area contributed by atoms with Crippen molar-refractivity contribution in [2.75, 3.05) is 18.1 Å². The molecular weight excluding hydrogens is 322 g/mol. The summed E-state index contributed by atoms with van der Waals surface area (Å²) >= 11 is 1.70. The molecule has 0 saturated heterocycles. The van der Waals surface area contributed by atoms with Gasteiger partial charge in [-0.3, -0.25) is 14.5 Å². The minimum Gasteiger partial charge on any atom is -0.309 e. The summed E-state index contributed by atoms with van der Waals surface area (Å²) in [6.45, 7) is 3.85. The molecule has 3 rings (SSSR count). The third-order valence-electron chi connectivity index (χ3n) is 3.74. The van der Waals surface area contributed by atoms with Crippen LogP contribution in [0.4, 0.5) is 5.82 Å². The van der Waals surface area contributed by atoms with Gasteiger partial charge in [-0.25, -0.2) is 4.98 Å². The number of aromatic nitrogens is 1. The number of carbonyl (C=O) groups excluding carboxylic acids is 2. The first kappa shape index (κ1) is 16.3. The number of thioether (sulfide) groups is 1. The Balaban J connectivity index is 1.69. The highest BCUT2D eigenvalue weighted by Crippen LogP contribution is 2.30. The third-order valence-corrected chi connectivity index (χ3v) is 4.37. The highest BCUT2D eigenvalue weighted by Gasteiger charge is 2.31. The maximum Gasteiger partial charge on any atom is 0.259 e. The number of hydrogen-bond donors (Lipinski definition) is 1. The van der Waals surface area contributed by atoms with Crippen LogP contribution in [-0.4, -0.2) is 34.5 Å². The molecule has 0 atom stereocenters. The van der Waals surface area contributed by atoms with Crippen LogP contribution in [0.5, 0.6) is 0 Å². The van der Waals surface area contributed by atoms with Gasteiger partial charge in [0.25, 0.3) is 5.91 Å². The minimum absolute atomic E-state index is 0.0826. The Morgan fingerprint density at radius 2 is 2.04 bits per heavy atom. The number of fused-ring (bicyclic) bond motifs is 1. The second-order valence-electron chi connectivity index (χ2n) is 5.41. The lowest BCUT2D eigenvalue weighted by Gasteiger charge is -2.16. The summed E-state index contributed by atoms with van der Waals surface area (Å²) in [5.41, 5.74) is 2.99. The van der Waals surface area contributed by atoms with Gasteiger partial charge in [0.2, 0.25) is 5.91 Å². The van der Waals surface area contributed by atoms with Gasteiger partial charge in [0.15, 0.2) is 0 Å². The molecule has 2 amide bonds. The Bertz CT molecular complexity index is 784. The molecule has 0 aliphatic carbocycles. The second-order valence-corrected chi connectivity index (χ2v) is 6.28. The van der Waals surface area contributed by atoms with Crippen LogP contribution in [0.2, 0.25) is 0 Å². The summed E-state index contributed by atoms with van der Waals surface area (Å²) in [4.78, 5) is 30.2. The fraction of sp³-hybridized carbons (Fsp3) is 0.167. The number of nitrogens with one attached hydrogen (secondary N) is 1. The van der Waals surface area contributed by atoms with E-state index in [-0.39, 0.29) is 18.4 Å². The van der Waals surface area contributed by atoms with Crippen LogP contribution < -0.4 is 5.32 Å². The summed E-state index contributed by atoms with van der Waals surface area (Å²) in [7, 11) is 0. The minimum atomic E-state index is -0.300. The maximum atomic E-state index is 12.4. The highest BCUT2D eigenvalue weighted by molar-refractivity contribution is 7.97. The Hall–Kier alpha value is -2.60. The lowest BCUT2D eigenvalue weighted by Crippen LogP contribution is -2.32. The topological polar surface area (TPSA) is 62.3 Å². The van der Waals surface area contributed by atoms with Gasteiger partial charge in [-0.2, -0.15) is 11.8 Å². The van der Waals surface area contributed by atoms with Crippen LogP contribution in [-0.2, 0) is 10.5 Å². The van der Waals surface area contributed by atoms with E-state index in [1.165, 1.54) is 4.90 Å². The van der Waals surface area contributed by atoms with Gasteiger partial charge in [-0.15, -0.1) is 0 Å². The van der Waals surface area contributed by atoms with Crippen molar-refractivity contribution in [3.63, 3.8) is 0 Å². The average molecular weight is 339 g/mol. The molecule has 2 aromatic rings. The van der Waals surface area contributed by atoms with Crippen LogP contribution in [0.25, 0.3) is 5.70 Å². The van der Waals surface area contributed by atoms with Crippen LogP contribution in [0.3, 0.4) is 0 Å². The van der Waals surface area contributed by atoms with Crippen LogP contribution in [0, 0.1) is 0 Å². The van der Waals surface area contributed by atoms with E-state index in [1.807, 2.05) is 30.5 Å². The zero-order valence-electron chi connectivity index (χ0n) is 13.3. The molecule has 0 saturated carbocycles. The monoisotopic (exact) mass is 339 g/mol. The number of carbonyl (C=O) groups is 2. The second kappa shape index (κ2) is 6.88. The first-order valence-corrected chi connectivity index (χ1v) is 8.83. The predicted octanol–water partition coefficient (Wildman–Crippen LogP) is 3.01. The van der Waals surface area contributed by atoms with E-state index >= 15 is 0 Å². The molecule has 0 spiro atoms. The quantitative estimate of drug-likeness (QED) is 0.909. The van der Waals surface area contributed by atoms with Gasteiger partial charge in [-0.05, 0) is 30.0 Å². The third kappa shape index (κ3) is 3.19. The normalized spacial score (nSPS) is 13.1. The maximum absolute atomic E-state index is 12.4. The number of anilines is 1. The van der Waals surface area contributed by atoms with Crippen LogP contribution in [0.15, 0.2) is 49.2 Å². The van der Waals surface area contributed by atoms with E-state index in [1.54, 1.807) is 30.1 Å². The van der Waals surface area contributed by atoms with E-state index < -0.39 is 0 Å². The highest BCUT2D eigenvalue weighted by atomic mass is 32.2. The predicted molar refractivity (Wildman–Crippen MR) is 96.6 cm³/mol. The summed E-state index contributed by atoms with van der Waals surface area (Å²) in [6, 6.07) is 11.0. The fourth-order valence-corrected chi connectivity index (χ4v) is 3.14. The lowest BCUT2D eigenvalue weighted by molar-refractivity contribution is -0.116. The fourth-order valence-electron chi connectivity index (χ4n) is 2.63.